The Kier molecular flexibility index (Phi) is 7.25. The lowest BCUT2D eigenvalue weighted by Gasteiger charge is -2.40. The molecule has 1 fully saturated rings. The Balaban J connectivity index is 1.76. The Bertz CT molecular complexity index is 831. The topological polar surface area (TPSA) is 134 Å². The first-order valence-electron chi connectivity index (χ1n) is 11.1. The summed E-state index contributed by atoms with van der Waals surface area (Å²) in [6.07, 6.45) is 5.14. The molecule has 1 aliphatic heterocycles. The maximum atomic E-state index is 12.0. The van der Waals surface area contributed by atoms with Gasteiger partial charge in [0.05, 0.1) is 5.92 Å². The van der Waals surface area contributed by atoms with E-state index in [9.17, 15) is 9.90 Å². The van der Waals surface area contributed by atoms with Gasteiger partial charge < -0.3 is 15.7 Å². The molecule has 0 aromatic carbocycles. The molecule has 0 radical (unpaired) electrons. The molecule has 170 valence electrons. The second-order valence-corrected chi connectivity index (χ2v) is 9.80. The van der Waals surface area contributed by atoms with Crippen molar-refractivity contribution in [3.63, 3.8) is 0 Å². The van der Waals surface area contributed by atoms with Crippen molar-refractivity contribution in [3.8, 4) is 0 Å². The number of nitrogens with two attached hydrogens (primary N) is 1. The molecule has 0 aliphatic carbocycles. The van der Waals surface area contributed by atoms with Crippen molar-refractivity contribution < 1.29 is 9.90 Å². The van der Waals surface area contributed by atoms with Gasteiger partial charge in [-0.2, -0.15) is 0 Å². The van der Waals surface area contributed by atoms with Crippen molar-refractivity contribution >= 4 is 11.8 Å². The first-order chi connectivity index (χ1) is 14.6. The van der Waals surface area contributed by atoms with Crippen LogP contribution in [0.1, 0.15) is 64.3 Å². The largest absolute Gasteiger partial charge is 0.481 e. The predicted molar refractivity (Wildman–Crippen MR) is 119 cm³/mol. The van der Waals surface area contributed by atoms with Gasteiger partial charge in [-0.25, -0.2) is 10.1 Å². The molecule has 1 aliphatic rings. The summed E-state index contributed by atoms with van der Waals surface area (Å²) in [4.78, 5) is 19.0. The number of nitrogens with one attached hydrogen (secondary N) is 1. The van der Waals surface area contributed by atoms with E-state index in [0.29, 0.717) is 24.6 Å². The maximum absolute atomic E-state index is 12.0. The Labute approximate surface area is 183 Å². The minimum absolute atomic E-state index is 0.209. The van der Waals surface area contributed by atoms with Crippen molar-refractivity contribution in [2.75, 3.05) is 18.0 Å². The molecule has 3 heterocycles. The number of H-pyrrole nitrogens is 1. The van der Waals surface area contributed by atoms with E-state index in [0.717, 1.165) is 37.3 Å². The number of carboxylic acid groups (broad SMARTS) is 1. The van der Waals surface area contributed by atoms with E-state index < -0.39 is 11.9 Å². The number of carboxylic acids is 1. The number of piperidine rings is 1. The number of aromatic nitrogens is 5. The summed E-state index contributed by atoms with van der Waals surface area (Å²) in [7, 11) is 0. The van der Waals surface area contributed by atoms with Gasteiger partial charge in [0.15, 0.2) is 5.82 Å². The van der Waals surface area contributed by atoms with Crippen LogP contribution in [0.4, 0.5) is 5.82 Å². The first-order valence-corrected chi connectivity index (χ1v) is 11.1. The van der Waals surface area contributed by atoms with Gasteiger partial charge in [-0.3, -0.25) is 4.79 Å². The molecule has 4 N–H and O–H groups in total. The lowest BCUT2D eigenvalue weighted by molar-refractivity contribution is -0.143. The molecular formula is C22H35N7O2. The second-order valence-electron chi connectivity index (χ2n) is 9.80. The Morgan fingerprint density at radius 3 is 2.71 bits per heavy atom. The lowest BCUT2D eigenvalue weighted by atomic mass is 9.81. The van der Waals surface area contributed by atoms with Crippen molar-refractivity contribution in [2.45, 2.75) is 64.8 Å². The Morgan fingerprint density at radius 2 is 2.16 bits per heavy atom. The van der Waals surface area contributed by atoms with E-state index >= 15 is 0 Å². The van der Waals surface area contributed by atoms with Crippen LogP contribution >= 0.6 is 0 Å². The normalized spacial score (nSPS) is 19.4. The molecule has 0 amide bonds. The molecule has 2 aromatic heterocycles. The van der Waals surface area contributed by atoms with Crippen LogP contribution in [0.2, 0.25) is 0 Å². The van der Waals surface area contributed by atoms with E-state index in [-0.39, 0.29) is 17.4 Å². The van der Waals surface area contributed by atoms with Crippen LogP contribution in [0.25, 0.3) is 0 Å². The van der Waals surface area contributed by atoms with Crippen molar-refractivity contribution in [1.82, 2.24) is 25.6 Å². The summed E-state index contributed by atoms with van der Waals surface area (Å²) in [6.45, 7) is 10.1. The molecule has 1 saturated heterocycles. The fourth-order valence-electron chi connectivity index (χ4n) is 4.47. The van der Waals surface area contributed by atoms with E-state index in [2.05, 4.69) is 39.4 Å². The number of tetrazole rings is 1. The number of hydrogen-bond acceptors (Lipinski definition) is 7. The lowest BCUT2D eigenvalue weighted by Crippen LogP contribution is -2.49. The zero-order valence-electron chi connectivity index (χ0n) is 19.0. The molecule has 9 nitrogen and oxygen atoms in total. The predicted octanol–water partition coefficient (Wildman–Crippen LogP) is 2.62. The fourth-order valence-corrected chi connectivity index (χ4v) is 4.47. The molecule has 3 atom stereocenters. The molecule has 3 rings (SSSR count). The van der Waals surface area contributed by atoms with Gasteiger partial charge >= 0.3 is 5.97 Å². The van der Waals surface area contributed by atoms with Gasteiger partial charge in [0, 0.05) is 30.7 Å². The number of rotatable bonds is 9. The third-order valence-electron chi connectivity index (χ3n) is 6.30. The summed E-state index contributed by atoms with van der Waals surface area (Å²) in [5.74, 6) is 0.360. The quantitative estimate of drug-likeness (QED) is 0.554. The van der Waals surface area contributed by atoms with Gasteiger partial charge in [0.1, 0.15) is 5.82 Å². The van der Waals surface area contributed by atoms with Crippen molar-refractivity contribution in [2.24, 2.45) is 23.5 Å². The summed E-state index contributed by atoms with van der Waals surface area (Å²) in [5.41, 5.74) is 7.11. The van der Waals surface area contributed by atoms with E-state index in [1.807, 2.05) is 32.2 Å². The van der Waals surface area contributed by atoms with E-state index in [1.54, 1.807) is 0 Å². The number of pyridine rings is 1. The van der Waals surface area contributed by atoms with Gasteiger partial charge in [-0.15, -0.1) is 5.10 Å². The van der Waals surface area contributed by atoms with Crippen LogP contribution in [0.15, 0.2) is 18.3 Å². The highest BCUT2D eigenvalue weighted by Gasteiger charge is 2.33. The van der Waals surface area contributed by atoms with Crippen LogP contribution in [-0.4, -0.2) is 55.3 Å². The summed E-state index contributed by atoms with van der Waals surface area (Å²) >= 11 is 0. The standard InChI is InChI=1S/C22H35N7O2/c1-14(2)10-18(21(30)31)17(20-25-27-28-26-20)11-15-7-8-19(24-12-15)29-9-5-6-16(13-29)22(3,4)23/h7-8,12,14,16-18H,5-6,9-11,13,23H2,1-4H3,(H,30,31)(H,25,26,27,28)/t16?,17-,18-/m0/s1. The Hall–Kier alpha value is -2.55. The van der Waals surface area contributed by atoms with Crippen LogP contribution in [0.5, 0.6) is 0 Å². The average molecular weight is 430 g/mol. The zero-order chi connectivity index (χ0) is 22.6. The molecule has 1 unspecified atom stereocenters. The molecule has 2 aromatic rings. The second kappa shape index (κ2) is 9.72. The molecular weight excluding hydrogens is 394 g/mol. The van der Waals surface area contributed by atoms with Crippen LogP contribution in [-0.2, 0) is 11.2 Å². The first kappa shape index (κ1) is 23.1. The maximum Gasteiger partial charge on any atom is 0.307 e. The molecule has 0 spiro atoms. The van der Waals surface area contributed by atoms with Gasteiger partial charge in [0.25, 0.3) is 0 Å². The zero-order valence-corrected chi connectivity index (χ0v) is 19.0. The monoisotopic (exact) mass is 429 g/mol. The third kappa shape index (κ3) is 6.00. The molecule has 0 bridgehead atoms. The van der Waals surface area contributed by atoms with Gasteiger partial charge in [0.2, 0.25) is 0 Å². The molecule has 31 heavy (non-hydrogen) atoms. The number of carbonyl (C=O) groups is 1. The minimum atomic E-state index is -0.830. The van der Waals surface area contributed by atoms with Crippen molar-refractivity contribution in [3.05, 3.63) is 29.7 Å². The van der Waals surface area contributed by atoms with Crippen LogP contribution in [0.3, 0.4) is 0 Å². The molecule has 0 saturated carbocycles. The fraction of sp³-hybridized carbons (Fsp3) is 0.682. The third-order valence-corrected chi connectivity index (χ3v) is 6.30. The number of aromatic amines is 1. The van der Waals surface area contributed by atoms with E-state index in [4.69, 9.17) is 10.7 Å². The summed E-state index contributed by atoms with van der Waals surface area (Å²) in [6, 6.07) is 4.06. The summed E-state index contributed by atoms with van der Waals surface area (Å²) in [5, 5.41) is 24.0. The number of aliphatic carboxylic acids is 1. The number of nitrogens with zero attached hydrogens (tertiary/aromatic N) is 5. The number of hydrogen-bond donors (Lipinski definition) is 3. The SMILES string of the molecule is CC(C)C[C@H](C(=O)O)[C@H](Cc1ccc(N2CCCC(C(C)(C)N)C2)nc1)c1nnn[nH]1. The minimum Gasteiger partial charge on any atom is -0.481 e. The highest BCUT2D eigenvalue weighted by atomic mass is 16.4. The molecule has 9 heteroatoms. The van der Waals surface area contributed by atoms with Crippen LogP contribution in [0, 0.1) is 17.8 Å². The summed E-state index contributed by atoms with van der Waals surface area (Å²) < 4.78 is 0. The van der Waals surface area contributed by atoms with Gasteiger partial charge in [-0.1, -0.05) is 19.9 Å². The highest BCUT2D eigenvalue weighted by molar-refractivity contribution is 5.71. The number of anilines is 1. The van der Waals surface area contributed by atoms with Gasteiger partial charge in [-0.05, 0) is 73.4 Å². The Morgan fingerprint density at radius 1 is 1.39 bits per heavy atom. The van der Waals surface area contributed by atoms with Crippen LogP contribution < -0.4 is 10.6 Å². The average Bonchev–Trinajstić information content (AvgIpc) is 3.25. The highest BCUT2D eigenvalue weighted by Crippen LogP contribution is 2.32. The smallest absolute Gasteiger partial charge is 0.307 e. The van der Waals surface area contributed by atoms with E-state index in [1.165, 1.54) is 0 Å². The van der Waals surface area contributed by atoms with Crippen molar-refractivity contribution in [1.29, 1.82) is 0 Å².